The van der Waals surface area contributed by atoms with Crippen molar-refractivity contribution < 1.29 is 4.79 Å². The molecule has 0 aliphatic rings. The maximum atomic E-state index is 11.6. The summed E-state index contributed by atoms with van der Waals surface area (Å²) in [4.78, 5) is 11.6. The molecule has 6 heteroatoms. The smallest absolute Gasteiger partial charge is 0.221 e. The number of aromatic nitrogens is 2. The van der Waals surface area contributed by atoms with Gasteiger partial charge in [-0.2, -0.15) is 5.26 Å². The Kier molecular flexibility index (Phi) is 5.04. The number of fused-ring (bicyclic) bond motifs is 1. The number of anilines is 1. The summed E-state index contributed by atoms with van der Waals surface area (Å²) < 4.78 is 0. The van der Waals surface area contributed by atoms with Crippen molar-refractivity contribution in [1.82, 2.24) is 15.5 Å². The van der Waals surface area contributed by atoms with Gasteiger partial charge in [0.15, 0.2) is 5.69 Å². The van der Waals surface area contributed by atoms with Gasteiger partial charge in [-0.3, -0.25) is 4.79 Å². The highest BCUT2D eigenvalue weighted by Gasteiger charge is 2.10. The molecule has 2 rings (SSSR count). The molecule has 0 aliphatic heterocycles. The predicted molar refractivity (Wildman–Crippen MR) is 80.7 cm³/mol. The fraction of sp³-hybridized carbons (Fsp3) is 0.333. The molecular formula is C15H17N5O. The second kappa shape index (κ2) is 7.20. The number of nitriles is 1. The van der Waals surface area contributed by atoms with E-state index in [9.17, 15) is 4.79 Å². The molecule has 21 heavy (non-hydrogen) atoms. The number of rotatable bonds is 6. The molecule has 0 saturated carbocycles. The second-order valence-corrected chi connectivity index (χ2v) is 4.58. The lowest BCUT2D eigenvalue weighted by molar-refractivity contribution is -0.120. The van der Waals surface area contributed by atoms with Gasteiger partial charge >= 0.3 is 0 Å². The maximum Gasteiger partial charge on any atom is 0.221 e. The van der Waals surface area contributed by atoms with Gasteiger partial charge in [-0.1, -0.05) is 25.1 Å². The molecule has 2 aromatic rings. The fourth-order valence-corrected chi connectivity index (χ4v) is 1.96. The van der Waals surface area contributed by atoms with Crippen molar-refractivity contribution in [3.05, 3.63) is 30.0 Å². The van der Waals surface area contributed by atoms with Gasteiger partial charge in [0.1, 0.15) is 6.07 Å². The third-order valence-corrected chi connectivity index (χ3v) is 3.00. The van der Waals surface area contributed by atoms with Crippen LogP contribution in [0.4, 0.5) is 5.69 Å². The molecule has 1 heterocycles. The van der Waals surface area contributed by atoms with Crippen molar-refractivity contribution in [2.75, 3.05) is 18.4 Å². The molecular weight excluding hydrogens is 266 g/mol. The van der Waals surface area contributed by atoms with Crippen molar-refractivity contribution in [2.45, 2.75) is 19.8 Å². The van der Waals surface area contributed by atoms with E-state index in [4.69, 9.17) is 5.26 Å². The minimum atomic E-state index is -0.00539. The van der Waals surface area contributed by atoms with Crippen LogP contribution in [0, 0.1) is 11.3 Å². The normalized spacial score (nSPS) is 10.1. The van der Waals surface area contributed by atoms with Gasteiger partial charge in [-0.15, -0.1) is 10.2 Å². The topological polar surface area (TPSA) is 90.7 Å². The maximum absolute atomic E-state index is 11.6. The zero-order valence-electron chi connectivity index (χ0n) is 11.9. The van der Waals surface area contributed by atoms with E-state index in [1.165, 1.54) is 0 Å². The number of hydrogen-bond donors (Lipinski definition) is 2. The highest BCUT2D eigenvalue weighted by molar-refractivity contribution is 5.92. The third kappa shape index (κ3) is 3.66. The molecule has 0 fully saturated rings. The SMILES string of the molecule is CCCNC(=O)CCNc1c(C#N)nnc2ccccc12. The summed E-state index contributed by atoms with van der Waals surface area (Å²) >= 11 is 0. The fourth-order valence-electron chi connectivity index (χ4n) is 1.96. The Bertz CT molecular complexity index is 677. The molecule has 1 amide bonds. The average molecular weight is 283 g/mol. The summed E-state index contributed by atoms with van der Waals surface area (Å²) in [7, 11) is 0. The van der Waals surface area contributed by atoms with Gasteiger partial charge in [0.2, 0.25) is 5.91 Å². The zero-order valence-corrected chi connectivity index (χ0v) is 11.9. The van der Waals surface area contributed by atoms with Crippen LogP contribution >= 0.6 is 0 Å². The molecule has 0 radical (unpaired) electrons. The molecule has 0 atom stereocenters. The Morgan fingerprint density at radius 2 is 2.10 bits per heavy atom. The van der Waals surface area contributed by atoms with Gasteiger partial charge in [-0.25, -0.2) is 0 Å². The van der Waals surface area contributed by atoms with Crippen molar-refractivity contribution in [2.24, 2.45) is 0 Å². The molecule has 108 valence electrons. The van der Waals surface area contributed by atoms with E-state index in [1.807, 2.05) is 37.3 Å². The van der Waals surface area contributed by atoms with E-state index in [-0.39, 0.29) is 11.6 Å². The number of hydrogen-bond acceptors (Lipinski definition) is 5. The lowest BCUT2D eigenvalue weighted by atomic mass is 10.1. The van der Waals surface area contributed by atoms with Crippen LogP contribution in [-0.4, -0.2) is 29.2 Å². The van der Waals surface area contributed by atoms with Crippen LogP contribution < -0.4 is 10.6 Å². The Balaban J connectivity index is 2.10. The lowest BCUT2D eigenvalue weighted by Gasteiger charge is -2.10. The summed E-state index contributed by atoms with van der Waals surface area (Å²) in [5.74, 6) is -0.00539. The number of amides is 1. The summed E-state index contributed by atoms with van der Waals surface area (Å²) in [6, 6.07) is 9.48. The molecule has 1 aromatic heterocycles. The van der Waals surface area contributed by atoms with Crippen LogP contribution in [0.5, 0.6) is 0 Å². The number of carbonyl (C=O) groups is 1. The zero-order chi connectivity index (χ0) is 15.1. The summed E-state index contributed by atoms with van der Waals surface area (Å²) in [5, 5.41) is 23.8. The predicted octanol–water partition coefficient (Wildman–Crippen LogP) is 1.83. The second-order valence-electron chi connectivity index (χ2n) is 4.58. The van der Waals surface area contributed by atoms with Gasteiger partial charge in [0, 0.05) is 24.9 Å². The van der Waals surface area contributed by atoms with E-state index in [2.05, 4.69) is 20.8 Å². The van der Waals surface area contributed by atoms with Gasteiger partial charge in [0.25, 0.3) is 0 Å². The van der Waals surface area contributed by atoms with E-state index < -0.39 is 0 Å². The minimum Gasteiger partial charge on any atom is -0.382 e. The van der Waals surface area contributed by atoms with Crippen molar-refractivity contribution >= 4 is 22.5 Å². The Morgan fingerprint density at radius 3 is 2.86 bits per heavy atom. The molecule has 1 aromatic carbocycles. The summed E-state index contributed by atoms with van der Waals surface area (Å²) in [6.07, 6.45) is 1.26. The van der Waals surface area contributed by atoms with Gasteiger partial charge in [0.05, 0.1) is 11.2 Å². The lowest BCUT2D eigenvalue weighted by Crippen LogP contribution is -2.26. The van der Waals surface area contributed by atoms with Crippen LogP contribution in [-0.2, 0) is 4.79 Å². The first-order valence-electron chi connectivity index (χ1n) is 6.92. The van der Waals surface area contributed by atoms with E-state index in [0.717, 1.165) is 17.3 Å². The van der Waals surface area contributed by atoms with E-state index in [0.29, 0.717) is 25.2 Å². The van der Waals surface area contributed by atoms with Crippen LogP contribution in [0.25, 0.3) is 10.9 Å². The quantitative estimate of drug-likeness (QED) is 0.844. The molecule has 6 nitrogen and oxygen atoms in total. The van der Waals surface area contributed by atoms with E-state index >= 15 is 0 Å². The first-order valence-corrected chi connectivity index (χ1v) is 6.92. The number of carbonyl (C=O) groups excluding carboxylic acids is 1. The average Bonchev–Trinajstić information content (AvgIpc) is 2.53. The van der Waals surface area contributed by atoms with Gasteiger partial charge in [-0.05, 0) is 12.5 Å². The monoisotopic (exact) mass is 283 g/mol. The number of nitrogens with one attached hydrogen (secondary N) is 2. The van der Waals surface area contributed by atoms with Gasteiger partial charge < -0.3 is 10.6 Å². The molecule has 0 saturated heterocycles. The largest absolute Gasteiger partial charge is 0.382 e. The van der Waals surface area contributed by atoms with Crippen molar-refractivity contribution in [1.29, 1.82) is 5.26 Å². The highest BCUT2D eigenvalue weighted by atomic mass is 16.1. The molecule has 0 spiro atoms. The molecule has 0 aliphatic carbocycles. The van der Waals surface area contributed by atoms with Crippen LogP contribution in [0.2, 0.25) is 0 Å². The van der Waals surface area contributed by atoms with Crippen LogP contribution in [0.15, 0.2) is 24.3 Å². The number of nitrogens with zero attached hydrogens (tertiary/aromatic N) is 3. The summed E-state index contributed by atoms with van der Waals surface area (Å²) in [6.45, 7) is 3.13. The highest BCUT2D eigenvalue weighted by Crippen LogP contribution is 2.23. The van der Waals surface area contributed by atoms with E-state index in [1.54, 1.807) is 0 Å². The number of benzene rings is 1. The van der Waals surface area contributed by atoms with Crippen LogP contribution in [0.3, 0.4) is 0 Å². The summed E-state index contributed by atoms with van der Waals surface area (Å²) in [5.41, 5.74) is 1.59. The Morgan fingerprint density at radius 1 is 1.29 bits per heavy atom. The molecule has 0 bridgehead atoms. The van der Waals surface area contributed by atoms with Crippen molar-refractivity contribution in [3.63, 3.8) is 0 Å². The first kappa shape index (κ1) is 14.7. The molecule has 2 N–H and O–H groups in total. The Hall–Kier alpha value is -2.68. The Labute approximate surface area is 123 Å². The van der Waals surface area contributed by atoms with Crippen molar-refractivity contribution in [3.8, 4) is 6.07 Å². The third-order valence-electron chi connectivity index (χ3n) is 3.00. The standard InChI is InChI=1S/C15H17N5O/c1-2-8-17-14(21)7-9-18-15-11-5-3-4-6-12(11)19-20-13(15)10-16/h3-6H,2,7-9H2,1H3,(H,17,21)(H,18,19). The van der Waals surface area contributed by atoms with Crippen LogP contribution in [0.1, 0.15) is 25.5 Å². The molecule has 0 unspecified atom stereocenters. The minimum absolute atomic E-state index is 0.00539. The first-order chi connectivity index (χ1) is 10.3.